The van der Waals surface area contributed by atoms with Gasteiger partial charge >= 0.3 is 0 Å². The first-order chi connectivity index (χ1) is 8.92. The van der Waals surface area contributed by atoms with E-state index in [9.17, 15) is 10.2 Å². The quantitative estimate of drug-likeness (QED) is 0.881. The average molecular weight is 263 g/mol. The number of benzene rings is 1. The summed E-state index contributed by atoms with van der Waals surface area (Å²) in [5.41, 5.74) is 0.454. The second kappa shape index (κ2) is 5.51. The van der Waals surface area contributed by atoms with Crippen LogP contribution in [0, 0.1) is 5.92 Å². The maximum absolute atomic E-state index is 10.7. The van der Waals surface area contributed by atoms with Gasteiger partial charge in [-0.05, 0) is 51.6 Å². The Balaban J connectivity index is 2.34. The topological polar surface area (TPSA) is 43.7 Å². The maximum Gasteiger partial charge on any atom is 0.115 e. The predicted molar refractivity (Wildman–Crippen MR) is 77.1 cm³/mol. The zero-order valence-corrected chi connectivity index (χ0v) is 12.1. The molecule has 3 unspecified atom stereocenters. The van der Waals surface area contributed by atoms with Crippen LogP contribution in [0.2, 0.25) is 0 Å². The van der Waals surface area contributed by atoms with Gasteiger partial charge in [0.25, 0.3) is 0 Å². The Morgan fingerprint density at radius 2 is 2.05 bits per heavy atom. The van der Waals surface area contributed by atoms with Gasteiger partial charge in [-0.15, -0.1) is 0 Å². The molecule has 0 saturated heterocycles. The van der Waals surface area contributed by atoms with E-state index in [1.54, 1.807) is 6.07 Å². The van der Waals surface area contributed by atoms with Crippen molar-refractivity contribution in [2.45, 2.75) is 44.2 Å². The van der Waals surface area contributed by atoms with Crippen LogP contribution in [0.5, 0.6) is 5.75 Å². The van der Waals surface area contributed by atoms with Crippen LogP contribution in [0.3, 0.4) is 0 Å². The van der Waals surface area contributed by atoms with Crippen LogP contribution in [0.25, 0.3) is 0 Å². The number of aliphatic hydroxyl groups is 1. The average Bonchev–Trinajstić information content (AvgIpc) is 2.31. The van der Waals surface area contributed by atoms with Gasteiger partial charge in [0.2, 0.25) is 0 Å². The largest absolute Gasteiger partial charge is 0.508 e. The molecular formula is C16H25NO2. The van der Waals surface area contributed by atoms with Crippen molar-refractivity contribution in [3.8, 4) is 5.75 Å². The fourth-order valence-corrected chi connectivity index (χ4v) is 3.44. The van der Waals surface area contributed by atoms with E-state index in [1.165, 1.54) is 6.42 Å². The highest BCUT2D eigenvalue weighted by Crippen LogP contribution is 2.43. The van der Waals surface area contributed by atoms with Crippen LogP contribution in [-0.2, 0) is 0 Å². The fraction of sp³-hybridized carbons (Fsp3) is 0.625. The summed E-state index contributed by atoms with van der Waals surface area (Å²) in [5.74, 6) is 0.498. The van der Waals surface area contributed by atoms with Gasteiger partial charge < -0.3 is 15.1 Å². The molecule has 1 aromatic carbocycles. The molecule has 2 rings (SSSR count). The summed E-state index contributed by atoms with van der Waals surface area (Å²) < 4.78 is 0. The van der Waals surface area contributed by atoms with Crippen LogP contribution in [0.15, 0.2) is 24.3 Å². The minimum absolute atomic E-state index is 0.141. The van der Waals surface area contributed by atoms with Crippen LogP contribution in [0.4, 0.5) is 0 Å². The standard InChI is InChI=1S/C16H25NO2/c1-16(19)10-5-4-9-14(16)15(17(2)3)12-7-6-8-13(18)11-12/h6-8,11,14-15,18-19H,4-5,9-10H2,1-3H3. The van der Waals surface area contributed by atoms with Crippen molar-refractivity contribution >= 4 is 0 Å². The van der Waals surface area contributed by atoms with E-state index >= 15 is 0 Å². The SMILES string of the molecule is CN(C)C(c1cccc(O)c1)C1CCCCC1(C)O. The Morgan fingerprint density at radius 3 is 2.63 bits per heavy atom. The third-order valence-electron chi connectivity index (χ3n) is 4.40. The van der Waals surface area contributed by atoms with Gasteiger partial charge in [0.1, 0.15) is 5.75 Å². The highest BCUT2D eigenvalue weighted by atomic mass is 16.3. The lowest BCUT2D eigenvalue weighted by Crippen LogP contribution is -2.44. The Morgan fingerprint density at radius 1 is 1.32 bits per heavy atom. The van der Waals surface area contributed by atoms with Crippen LogP contribution >= 0.6 is 0 Å². The van der Waals surface area contributed by atoms with Crippen molar-refractivity contribution in [1.29, 1.82) is 0 Å². The molecule has 0 aliphatic heterocycles. The summed E-state index contributed by atoms with van der Waals surface area (Å²) in [6.45, 7) is 1.95. The molecule has 0 spiro atoms. The van der Waals surface area contributed by atoms with Crippen molar-refractivity contribution in [2.75, 3.05) is 14.1 Å². The maximum atomic E-state index is 10.7. The normalized spacial score (nSPS) is 29.4. The molecule has 0 heterocycles. The monoisotopic (exact) mass is 263 g/mol. The van der Waals surface area contributed by atoms with Gasteiger partial charge in [-0.25, -0.2) is 0 Å². The van der Waals surface area contributed by atoms with Gasteiger partial charge in [0.05, 0.1) is 5.60 Å². The van der Waals surface area contributed by atoms with E-state index in [0.717, 1.165) is 24.8 Å². The molecule has 1 saturated carbocycles. The first-order valence-electron chi connectivity index (χ1n) is 7.09. The molecule has 0 radical (unpaired) electrons. The minimum atomic E-state index is -0.626. The van der Waals surface area contributed by atoms with Crippen molar-refractivity contribution in [2.24, 2.45) is 5.92 Å². The van der Waals surface area contributed by atoms with Gasteiger partial charge in [-0.1, -0.05) is 25.0 Å². The van der Waals surface area contributed by atoms with E-state index in [1.807, 2.05) is 39.2 Å². The second-order valence-electron chi connectivity index (χ2n) is 6.21. The summed E-state index contributed by atoms with van der Waals surface area (Å²) >= 11 is 0. The lowest BCUT2D eigenvalue weighted by atomic mass is 9.71. The van der Waals surface area contributed by atoms with Gasteiger partial charge in [0, 0.05) is 12.0 Å². The van der Waals surface area contributed by atoms with E-state index in [-0.39, 0.29) is 12.0 Å². The third kappa shape index (κ3) is 3.10. The van der Waals surface area contributed by atoms with Crippen LogP contribution in [0.1, 0.15) is 44.2 Å². The van der Waals surface area contributed by atoms with Crippen LogP contribution < -0.4 is 0 Å². The van der Waals surface area contributed by atoms with Gasteiger partial charge in [0.15, 0.2) is 0 Å². The number of nitrogens with zero attached hydrogens (tertiary/aromatic N) is 1. The zero-order valence-electron chi connectivity index (χ0n) is 12.1. The Bertz CT molecular complexity index is 429. The minimum Gasteiger partial charge on any atom is -0.508 e. The second-order valence-corrected chi connectivity index (χ2v) is 6.21. The highest BCUT2D eigenvalue weighted by Gasteiger charge is 2.40. The number of hydrogen-bond acceptors (Lipinski definition) is 3. The van der Waals surface area contributed by atoms with Gasteiger partial charge in [-0.3, -0.25) is 0 Å². The van der Waals surface area contributed by atoms with E-state index in [0.29, 0.717) is 5.75 Å². The summed E-state index contributed by atoms with van der Waals surface area (Å²) in [6, 6.07) is 7.56. The summed E-state index contributed by atoms with van der Waals surface area (Å²) in [7, 11) is 4.08. The third-order valence-corrected chi connectivity index (χ3v) is 4.40. The Labute approximate surface area is 115 Å². The molecule has 3 nitrogen and oxygen atoms in total. The zero-order chi connectivity index (χ0) is 14.0. The van der Waals surface area contributed by atoms with E-state index in [4.69, 9.17) is 0 Å². The lowest BCUT2D eigenvalue weighted by Gasteiger charge is -2.44. The van der Waals surface area contributed by atoms with Gasteiger partial charge in [-0.2, -0.15) is 0 Å². The van der Waals surface area contributed by atoms with E-state index in [2.05, 4.69) is 4.90 Å². The number of phenolic OH excluding ortho intramolecular Hbond substituents is 1. The van der Waals surface area contributed by atoms with Crippen molar-refractivity contribution in [3.05, 3.63) is 29.8 Å². The van der Waals surface area contributed by atoms with Crippen molar-refractivity contribution in [1.82, 2.24) is 4.90 Å². The molecule has 3 atom stereocenters. The number of aromatic hydroxyl groups is 1. The highest BCUT2D eigenvalue weighted by molar-refractivity contribution is 5.30. The van der Waals surface area contributed by atoms with Crippen LogP contribution in [-0.4, -0.2) is 34.8 Å². The molecular weight excluding hydrogens is 238 g/mol. The molecule has 2 N–H and O–H groups in total. The molecule has 106 valence electrons. The summed E-state index contributed by atoms with van der Waals surface area (Å²) in [6.07, 6.45) is 4.17. The Kier molecular flexibility index (Phi) is 4.16. The molecule has 1 fully saturated rings. The smallest absolute Gasteiger partial charge is 0.115 e. The van der Waals surface area contributed by atoms with E-state index < -0.39 is 5.60 Å². The number of rotatable bonds is 3. The number of hydrogen-bond donors (Lipinski definition) is 2. The molecule has 1 aliphatic rings. The molecule has 3 heteroatoms. The predicted octanol–water partition coefficient (Wildman–Crippen LogP) is 2.94. The Hall–Kier alpha value is -1.06. The first kappa shape index (κ1) is 14.4. The molecule has 19 heavy (non-hydrogen) atoms. The summed E-state index contributed by atoms with van der Waals surface area (Å²) in [4.78, 5) is 2.15. The molecule has 0 aromatic heterocycles. The lowest BCUT2D eigenvalue weighted by molar-refractivity contribution is -0.0631. The molecule has 0 amide bonds. The number of phenols is 1. The first-order valence-corrected chi connectivity index (χ1v) is 7.09. The molecule has 1 aromatic rings. The van der Waals surface area contributed by atoms with Crippen molar-refractivity contribution < 1.29 is 10.2 Å². The van der Waals surface area contributed by atoms with Crippen molar-refractivity contribution in [3.63, 3.8) is 0 Å². The fourth-order valence-electron chi connectivity index (χ4n) is 3.44. The summed E-state index contributed by atoms with van der Waals surface area (Å²) in [5, 5.41) is 20.4. The molecule has 1 aliphatic carbocycles. The molecule has 0 bridgehead atoms.